The van der Waals surface area contributed by atoms with Crippen LogP contribution in [0.2, 0.25) is 0 Å². The molecule has 0 heterocycles. The summed E-state index contributed by atoms with van der Waals surface area (Å²) in [5.74, 6) is 1.38. The van der Waals surface area contributed by atoms with Gasteiger partial charge in [-0.2, -0.15) is 0 Å². The van der Waals surface area contributed by atoms with Crippen molar-refractivity contribution < 1.29 is 14.2 Å². The minimum Gasteiger partial charge on any atom is -0.384 e. The quantitative estimate of drug-likeness (QED) is 0.630. The molecule has 0 aromatic heterocycles. The monoisotopic (exact) mass is 312 g/mol. The molecule has 0 spiro atoms. The van der Waals surface area contributed by atoms with E-state index in [1.807, 2.05) is 14.2 Å². The second kappa shape index (κ2) is 8.12. The SMILES string of the molecule is COCC(COC)(COC(C)(C)C1CCCC1)C1CCCC1. The number of hydrogen-bond acceptors (Lipinski definition) is 3. The van der Waals surface area contributed by atoms with Crippen LogP contribution >= 0.6 is 0 Å². The van der Waals surface area contributed by atoms with E-state index in [1.165, 1.54) is 51.4 Å². The van der Waals surface area contributed by atoms with Crippen molar-refractivity contribution in [1.29, 1.82) is 0 Å². The molecule has 0 aromatic rings. The van der Waals surface area contributed by atoms with Crippen LogP contribution in [-0.4, -0.2) is 39.6 Å². The van der Waals surface area contributed by atoms with Crippen molar-refractivity contribution >= 4 is 0 Å². The molecule has 0 amide bonds. The Morgan fingerprint density at radius 3 is 1.64 bits per heavy atom. The van der Waals surface area contributed by atoms with E-state index in [-0.39, 0.29) is 11.0 Å². The Morgan fingerprint density at radius 2 is 1.18 bits per heavy atom. The van der Waals surface area contributed by atoms with Crippen LogP contribution in [0.25, 0.3) is 0 Å². The molecule has 22 heavy (non-hydrogen) atoms. The van der Waals surface area contributed by atoms with Gasteiger partial charge in [0.15, 0.2) is 0 Å². The van der Waals surface area contributed by atoms with Gasteiger partial charge in [0.05, 0.1) is 25.4 Å². The molecule has 0 unspecified atom stereocenters. The van der Waals surface area contributed by atoms with Crippen molar-refractivity contribution in [3.63, 3.8) is 0 Å². The first-order valence-corrected chi connectivity index (χ1v) is 9.16. The summed E-state index contributed by atoms with van der Waals surface area (Å²) in [4.78, 5) is 0. The largest absolute Gasteiger partial charge is 0.384 e. The van der Waals surface area contributed by atoms with E-state index >= 15 is 0 Å². The Morgan fingerprint density at radius 1 is 0.727 bits per heavy atom. The summed E-state index contributed by atoms with van der Waals surface area (Å²) < 4.78 is 17.7. The predicted molar refractivity (Wildman–Crippen MR) is 90.1 cm³/mol. The summed E-state index contributed by atoms with van der Waals surface area (Å²) in [7, 11) is 3.61. The van der Waals surface area contributed by atoms with Crippen LogP contribution in [0.5, 0.6) is 0 Å². The van der Waals surface area contributed by atoms with Gasteiger partial charge < -0.3 is 14.2 Å². The van der Waals surface area contributed by atoms with Crippen molar-refractivity contribution in [3.8, 4) is 0 Å². The lowest BCUT2D eigenvalue weighted by Gasteiger charge is -2.42. The third-order valence-corrected chi connectivity index (χ3v) is 6.15. The van der Waals surface area contributed by atoms with Gasteiger partial charge in [0, 0.05) is 19.6 Å². The highest BCUT2D eigenvalue weighted by atomic mass is 16.5. The van der Waals surface area contributed by atoms with E-state index < -0.39 is 0 Å². The molecule has 130 valence electrons. The summed E-state index contributed by atoms with van der Waals surface area (Å²) >= 11 is 0. The van der Waals surface area contributed by atoms with Crippen molar-refractivity contribution in [3.05, 3.63) is 0 Å². The summed E-state index contributed by atoms with van der Waals surface area (Å²) in [5.41, 5.74) is -0.00227. The van der Waals surface area contributed by atoms with Gasteiger partial charge in [-0.05, 0) is 51.4 Å². The van der Waals surface area contributed by atoms with Gasteiger partial charge >= 0.3 is 0 Å². The lowest BCUT2D eigenvalue weighted by molar-refractivity contribution is -0.140. The summed E-state index contributed by atoms with van der Waals surface area (Å²) in [6.07, 6.45) is 10.6. The van der Waals surface area contributed by atoms with E-state index in [9.17, 15) is 0 Å². The molecule has 0 saturated heterocycles. The third-order valence-electron chi connectivity index (χ3n) is 6.15. The van der Waals surface area contributed by atoms with Crippen molar-refractivity contribution in [2.24, 2.45) is 17.3 Å². The molecule has 0 aliphatic heterocycles. The molecule has 2 rings (SSSR count). The first kappa shape index (κ1) is 18.2. The van der Waals surface area contributed by atoms with Crippen LogP contribution in [0, 0.1) is 17.3 Å². The molecule has 3 heteroatoms. The third kappa shape index (κ3) is 4.24. The van der Waals surface area contributed by atoms with Gasteiger partial charge in [0.25, 0.3) is 0 Å². The lowest BCUT2D eigenvalue weighted by atomic mass is 9.75. The van der Waals surface area contributed by atoms with E-state index in [4.69, 9.17) is 14.2 Å². The maximum Gasteiger partial charge on any atom is 0.0654 e. The molecule has 2 aliphatic rings. The Labute approximate surface area is 137 Å². The van der Waals surface area contributed by atoms with Gasteiger partial charge in [-0.25, -0.2) is 0 Å². The van der Waals surface area contributed by atoms with Crippen LogP contribution in [0.4, 0.5) is 0 Å². The van der Waals surface area contributed by atoms with Crippen LogP contribution < -0.4 is 0 Å². The number of methoxy groups -OCH3 is 2. The summed E-state index contributed by atoms with van der Waals surface area (Å²) in [5, 5.41) is 0. The lowest BCUT2D eigenvalue weighted by Crippen LogP contribution is -2.46. The van der Waals surface area contributed by atoms with Crippen LogP contribution in [0.15, 0.2) is 0 Å². The van der Waals surface area contributed by atoms with Crippen LogP contribution in [0.3, 0.4) is 0 Å². The van der Waals surface area contributed by atoms with E-state index in [0.29, 0.717) is 11.8 Å². The minimum atomic E-state index is -0.0260. The van der Waals surface area contributed by atoms with Gasteiger partial charge in [-0.1, -0.05) is 25.7 Å². The molecule has 2 aliphatic carbocycles. The number of ether oxygens (including phenoxy) is 3. The van der Waals surface area contributed by atoms with Gasteiger partial charge in [0.2, 0.25) is 0 Å². The molecule has 2 fully saturated rings. The van der Waals surface area contributed by atoms with E-state index in [0.717, 1.165) is 19.8 Å². The van der Waals surface area contributed by atoms with Gasteiger partial charge in [-0.3, -0.25) is 0 Å². The normalized spacial score (nSPS) is 21.8. The second-order valence-corrected chi connectivity index (χ2v) is 8.08. The van der Waals surface area contributed by atoms with E-state index in [1.54, 1.807) is 0 Å². The van der Waals surface area contributed by atoms with Crippen molar-refractivity contribution in [2.45, 2.75) is 70.8 Å². The van der Waals surface area contributed by atoms with Crippen molar-refractivity contribution in [2.75, 3.05) is 34.0 Å². The first-order valence-electron chi connectivity index (χ1n) is 9.16. The molecule has 0 atom stereocenters. The highest BCUT2D eigenvalue weighted by Gasteiger charge is 2.43. The standard InChI is InChI=1S/C19H36O3/c1-18(2,16-9-5-6-10-16)22-15-19(13-20-3,14-21-4)17-11-7-8-12-17/h16-17H,5-15H2,1-4H3. The van der Waals surface area contributed by atoms with Gasteiger partial charge in [0.1, 0.15) is 0 Å². The Kier molecular flexibility index (Phi) is 6.73. The molecule has 0 N–H and O–H groups in total. The fourth-order valence-corrected chi connectivity index (χ4v) is 4.66. The minimum absolute atomic E-state index is 0.0237. The Balaban J connectivity index is 2.03. The van der Waals surface area contributed by atoms with E-state index in [2.05, 4.69) is 13.8 Å². The average molecular weight is 312 g/mol. The van der Waals surface area contributed by atoms with Crippen LogP contribution in [0.1, 0.15) is 65.2 Å². The smallest absolute Gasteiger partial charge is 0.0654 e. The zero-order chi connectivity index (χ0) is 16.1. The molecular weight excluding hydrogens is 276 g/mol. The first-order chi connectivity index (χ1) is 10.5. The zero-order valence-corrected chi connectivity index (χ0v) is 15.2. The molecule has 3 nitrogen and oxygen atoms in total. The zero-order valence-electron chi connectivity index (χ0n) is 15.2. The second-order valence-electron chi connectivity index (χ2n) is 8.08. The molecule has 0 radical (unpaired) electrons. The molecular formula is C19H36O3. The molecule has 0 bridgehead atoms. The molecule has 0 aromatic carbocycles. The highest BCUT2D eigenvalue weighted by Crippen LogP contribution is 2.43. The Hall–Kier alpha value is -0.120. The average Bonchev–Trinajstić information content (AvgIpc) is 3.18. The van der Waals surface area contributed by atoms with Gasteiger partial charge in [-0.15, -0.1) is 0 Å². The fourth-order valence-electron chi connectivity index (χ4n) is 4.66. The van der Waals surface area contributed by atoms with Crippen LogP contribution in [-0.2, 0) is 14.2 Å². The summed E-state index contributed by atoms with van der Waals surface area (Å²) in [6, 6.07) is 0. The van der Waals surface area contributed by atoms with Crippen molar-refractivity contribution in [1.82, 2.24) is 0 Å². The topological polar surface area (TPSA) is 27.7 Å². The Bertz CT molecular complexity index is 309. The predicted octanol–water partition coefficient (Wildman–Crippen LogP) is 4.44. The fraction of sp³-hybridized carbons (Fsp3) is 1.00. The molecule has 2 saturated carbocycles. The highest BCUT2D eigenvalue weighted by molar-refractivity contribution is 4.91. The maximum atomic E-state index is 6.54. The number of hydrogen-bond donors (Lipinski definition) is 0. The maximum absolute atomic E-state index is 6.54. The summed E-state index contributed by atoms with van der Waals surface area (Å²) in [6.45, 7) is 6.81. The number of rotatable bonds is 9.